The zero-order valence-corrected chi connectivity index (χ0v) is 18.4. The predicted octanol–water partition coefficient (Wildman–Crippen LogP) is 5.37. The van der Waals surface area contributed by atoms with Crippen LogP contribution in [0.25, 0.3) is 0 Å². The molecular weight excluding hydrogens is 395 g/mol. The fourth-order valence-electron chi connectivity index (χ4n) is 4.20. The molecule has 152 valence electrons. The fourth-order valence-corrected chi connectivity index (χ4v) is 8.52. The molecule has 0 fully saturated rings. The van der Waals surface area contributed by atoms with Crippen molar-refractivity contribution in [2.75, 3.05) is 6.16 Å². The first-order valence-corrected chi connectivity index (χ1v) is 12.6. The van der Waals surface area contributed by atoms with Crippen molar-refractivity contribution in [1.29, 1.82) is 0 Å². The van der Waals surface area contributed by atoms with E-state index >= 15 is 0 Å². The summed E-state index contributed by atoms with van der Waals surface area (Å²) in [5, 5.41) is 4.03. The maximum atomic E-state index is 11.9. The third-order valence-electron chi connectivity index (χ3n) is 5.74. The van der Waals surface area contributed by atoms with Crippen LogP contribution in [0.4, 0.5) is 0 Å². The molecule has 4 aromatic carbocycles. The van der Waals surface area contributed by atoms with Crippen LogP contribution in [0.3, 0.4) is 0 Å². The van der Waals surface area contributed by atoms with Gasteiger partial charge in [0.1, 0.15) is 29.1 Å². The van der Waals surface area contributed by atoms with Crippen LogP contribution in [0.2, 0.25) is 0 Å². The average Bonchev–Trinajstić information content (AvgIpc) is 2.86. The van der Waals surface area contributed by atoms with E-state index in [1.54, 1.807) is 0 Å². The predicted molar refractivity (Wildman–Crippen MR) is 134 cm³/mol. The second-order valence-corrected chi connectivity index (χ2v) is 11.3. The molecule has 2 heteroatoms. The molecule has 0 spiro atoms. The highest BCUT2D eigenvalue weighted by Gasteiger charge is 2.44. The van der Waals surface area contributed by atoms with Crippen molar-refractivity contribution in [2.24, 2.45) is 0 Å². The topological polar surface area (TPSA) is 17.1 Å². The Bertz CT molecular complexity index is 1040. The summed E-state index contributed by atoms with van der Waals surface area (Å²) in [6, 6.07) is 42.6. The van der Waals surface area contributed by atoms with Crippen LogP contribution in [0.15, 0.2) is 127 Å². The monoisotopic (exact) mass is 421 g/mol. The Morgan fingerprint density at radius 3 is 1.35 bits per heavy atom. The van der Waals surface area contributed by atoms with Gasteiger partial charge < -0.3 is 0 Å². The van der Waals surface area contributed by atoms with Crippen LogP contribution in [-0.2, 0) is 11.2 Å². The number of hydrogen-bond acceptors (Lipinski definition) is 1. The molecule has 0 aliphatic rings. The van der Waals surface area contributed by atoms with Gasteiger partial charge in [-0.3, -0.25) is 0 Å². The first-order chi connectivity index (χ1) is 15.3. The molecule has 0 aliphatic carbocycles. The van der Waals surface area contributed by atoms with E-state index in [4.69, 9.17) is 0 Å². The Kier molecular flexibility index (Phi) is 6.90. The molecule has 31 heavy (non-hydrogen) atoms. The van der Waals surface area contributed by atoms with Crippen molar-refractivity contribution in [3.05, 3.63) is 132 Å². The van der Waals surface area contributed by atoms with Crippen LogP contribution in [0.1, 0.15) is 12.0 Å². The number of rotatable bonds is 8. The highest BCUT2D eigenvalue weighted by Crippen LogP contribution is 2.56. The van der Waals surface area contributed by atoms with Gasteiger partial charge in [-0.05, 0) is 42.0 Å². The smallest absolute Gasteiger partial charge is 0.124 e. The fraction of sp³-hybridized carbons (Fsp3) is 0.103. The Morgan fingerprint density at radius 2 is 0.968 bits per heavy atom. The maximum absolute atomic E-state index is 11.9. The van der Waals surface area contributed by atoms with Gasteiger partial charge in [0.25, 0.3) is 0 Å². The Labute approximate surface area is 185 Å². The van der Waals surface area contributed by atoms with Gasteiger partial charge in [0.05, 0.1) is 6.16 Å². The van der Waals surface area contributed by atoms with Gasteiger partial charge >= 0.3 is 0 Å². The zero-order chi connectivity index (χ0) is 21.4. The van der Waals surface area contributed by atoms with E-state index < -0.39 is 7.26 Å². The van der Waals surface area contributed by atoms with Gasteiger partial charge in [-0.25, -0.2) is 4.79 Å². The average molecular weight is 422 g/mol. The quantitative estimate of drug-likeness (QED) is 0.276. The van der Waals surface area contributed by atoms with Crippen LogP contribution in [-0.4, -0.2) is 12.1 Å². The molecule has 0 saturated carbocycles. The van der Waals surface area contributed by atoms with Gasteiger partial charge in [0, 0.05) is 18.4 Å². The van der Waals surface area contributed by atoms with Gasteiger partial charge in [0.2, 0.25) is 0 Å². The molecule has 0 amide bonds. The highest BCUT2D eigenvalue weighted by atomic mass is 31.2. The molecule has 0 unspecified atom stereocenters. The molecule has 0 N–H and O–H groups in total. The van der Waals surface area contributed by atoms with E-state index in [1.807, 2.05) is 18.2 Å². The molecule has 0 aliphatic heterocycles. The van der Waals surface area contributed by atoms with Crippen molar-refractivity contribution in [1.82, 2.24) is 0 Å². The van der Waals surface area contributed by atoms with Crippen LogP contribution >= 0.6 is 7.26 Å². The van der Waals surface area contributed by atoms with Crippen LogP contribution in [0, 0.1) is 0 Å². The lowest BCUT2D eigenvalue weighted by molar-refractivity contribution is 0.565. The van der Waals surface area contributed by atoms with Crippen molar-refractivity contribution in [3.63, 3.8) is 0 Å². The summed E-state index contributed by atoms with van der Waals surface area (Å²) in [7, 11) is -1.92. The molecular formula is C29H26OP+. The van der Waals surface area contributed by atoms with E-state index in [2.05, 4.69) is 109 Å². The number of carbonyl (C=O) groups excluding carboxylic acids is 1. The van der Waals surface area contributed by atoms with Gasteiger partial charge in [-0.2, -0.15) is 0 Å². The summed E-state index contributed by atoms with van der Waals surface area (Å²) in [5.41, 5.74) is 1.99. The number of allylic oxidation sites excluding steroid dienone is 1. The highest BCUT2D eigenvalue weighted by molar-refractivity contribution is 7.95. The molecule has 0 heterocycles. The second kappa shape index (κ2) is 10.2. The molecule has 1 nitrogen and oxygen atoms in total. The normalized spacial score (nSPS) is 11.0. The molecule has 0 radical (unpaired) electrons. The van der Waals surface area contributed by atoms with Gasteiger partial charge in [-0.1, -0.05) is 84.9 Å². The van der Waals surface area contributed by atoms with Crippen molar-refractivity contribution in [3.8, 4) is 0 Å². The Hall–Kier alpha value is -3.24. The standard InChI is InChI=1S/C29H26OP/c30-24-26(23-25-13-5-1-6-14-25)21-22-31(27-15-7-2-8-16-27,28-17-9-3-10-18-28)29-19-11-4-12-20-29/h1-20H,21-23H2/q+1. The summed E-state index contributed by atoms with van der Waals surface area (Å²) in [6.45, 7) is 0. The number of hydrogen-bond donors (Lipinski definition) is 0. The minimum absolute atomic E-state index is 0.655. The molecule has 0 atom stereocenters. The lowest BCUT2D eigenvalue weighted by atomic mass is 10.0. The number of benzene rings is 4. The molecule has 4 aromatic rings. The van der Waals surface area contributed by atoms with E-state index in [9.17, 15) is 4.79 Å². The van der Waals surface area contributed by atoms with Gasteiger partial charge in [0.15, 0.2) is 0 Å². The van der Waals surface area contributed by atoms with Crippen LogP contribution in [0.5, 0.6) is 0 Å². The largest absolute Gasteiger partial charge is 0.234 e. The molecule has 0 saturated heterocycles. The third-order valence-corrected chi connectivity index (χ3v) is 10.2. The summed E-state index contributed by atoms with van der Waals surface area (Å²) in [5.74, 6) is 2.26. The Balaban J connectivity index is 1.78. The van der Waals surface area contributed by atoms with Gasteiger partial charge in [-0.15, -0.1) is 0 Å². The second-order valence-electron chi connectivity index (χ2n) is 7.66. The lowest BCUT2D eigenvalue weighted by Gasteiger charge is -2.27. The minimum Gasteiger partial charge on any atom is -0.234 e. The first-order valence-electron chi connectivity index (χ1n) is 10.6. The lowest BCUT2D eigenvalue weighted by Crippen LogP contribution is -2.33. The first kappa shape index (κ1) is 21.0. The third kappa shape index (κ3) is 4.75. The molecule has 0 bridgehead atoms. The molecule has 4 rings (SSSR count). The van der Waals surface area contributed by atoms with E-state index in [-0.39, 0.29) is 0 Å². The summed E-state index contributed by atoms with van der Waals surface area (Å²) >= 11 is 0. The summed E-state index contributed by atoms with van der Waals surface area (Å²) < 4.78 is 0. The SMILES string of the molecule is O=C=C(CC[P+](c1ccccc1)(c1ccccc1)c1ccccc1)Cc1ccccc1. The Morgan fingerprint density at radius 1 is 0.581 bits per heavy atom. The van der Waals surface area contributed by atoms with Crippen molar-refractivity contribution >= 4 is 29.1 Å². The minimum atomic E-state index is -1.92. The zero-order valence-electron chi connectivity index (χ0n) is 17.5. The molecule has 0 aromatic heterocycles. The van der Waals surface area contributed by atoms with E-state index in [1.165, 1.54) is 15.9 Å². The maximum Gasteiger partial charge on any atom is 0.124 e. The summed E-state index contributed by atoms with van der Waals surface area (Å²) in [6.07, 6.45) is 2.29. The van der Waals surface area contributed by atoms with Crippen molar-refractivity contribution < 1.29 is 4.79 Å². The van der Waals surface area contributed by atoms with E-state index in [0.717, 1.165) is 23.7 Å². The van der Waals surface area contributed by atoms with Crippen LogP contribution < -0.4 is 15.9 Å². The van der Waals surface area contributed by atoms with E-state index in [0.29, 0.717) is 6.42 Å². The van der Waals surface area contributed by atoms with Crippen molar-refractivity contribution in [2.45, 2.75) is 12.8 Å². The summed E-state index contributed by atoms with van der Waals surface area (Å²) in [4.78, 5) is 11.9.